The smallest absolute Gasteiger partial charge is 0.135 e. The molecule has 0 bridgehead atoms. The molecule has 88 valence electrons. The number of nitrogens with one attached hydrogen (secondary N) is 1. The highest BCUT2D eigenvalue weighted by atomic mass is 79.9. The van der Waals surface area contributed by atoms with E-state index >= 15 is 0 Å². The maximum atomic E-state index is 5.89. The van der Waals surface area contributed by atoms with Crippen molar-refractivity contribution in [2.45, 2.75) is 12.5 Å². The summed E-state index contributed by atoms with van der Waals surface area (Å²) >= 11 is 6.93. The number of methoxy groups -OCH3 is 1. The van der Waals surface area contributed by atoms with Gasteiger partial charge in [0.25, 0.3) is 0 Å². The lowest BCUT2D eigenvalue weighted by atomic mass is 10.3. The average molecular weight is 351 g/mol. The molecule has 1 saturated heterocycles. The number of benzene rings is 1. The van der Waals surface area contributed by atoms with Crippen LogP contribution in [0, 0.1) is 0 Å². The molecule has 5 heteroatoms. The molecule has 1 aliphatic rings. The molecule has 0 amide bonds. The van der Waals surface area contributed by atoms with Crippen LogP contribution < -0.4 is 14.8 Å². The Kier molecular flexibility index (Phi) is 4.10. The minimum absolute atomic E-state index is 0.261. The van der Waals surface area contributed by atoms with Gasteiger partial charge in [-0.05, 0) is 57.0 Å². The summed E-state index contributed by atoms with van der Waals surface area (Å²) in [6.45, 7) is 1.94. The second-order valence-electron chi connectivity index (χ2n) is 3.65. The van der Waals surface area contributed by atoms with Crippen LogP contribution in [-0.2, 0) is 0 Å². The van der Waals surface area contributed by atoms with Gasteiger partial charge in [-0.2, -0.15) is 0 Å². The van der Waals surface area contributed by atoms with Crippen molar-refractivity contribution in [2.24, 2.45) is 0 Å². The Morgan fingerprint density at radius 3 is 2.56 bits per heavy atom. The highest BCUT2D eigenvalue weighted by Crippen LogP contribution is 2.36. The summed E-state index contributed by atoms with van der Waals surface area (Å²) in [4.78, 5) is 0. The minimum atomic E-state index is 0.261. The first-order valence-corrected chi connectivity index (χ1v) is 6.69. The summed E-state index contributed by atoms with van der Waals surface area (Å²) < 4.78 is 12.9. The summed E-state index contributed by atoms with van der Waals surface area (Å²) in [5.74, 6) is 1.64. The second-order valence-corrected chi connectivity index (χ2v) is 5.36. The lowest BCUT2D eigenvalue weighted by Crippen LogP contribution is -2.19. The van der Waals surface area contributed by atoms with Gasteiger partial charge in [-0.1, -0.05) is 0 Å². The van der Waals surface area contributed by atoms with Crippen LogP contribution in [-0.4, -0.2) is 26.3 Å². The molecule has 2 rings (SSSR count). The predicted octanol–water partition coefficient (Wildman–Crippen LogP) is 2.96. The third-order valence-electron chi connectivity index (χ3n) is 2.52. The van der Waals surface area contributed by atoms with Crippen LogP contribution in [0.3, 0.4) is 0 Å². The summed E-state index contributed by atoms with van der Waals surface area (Å²) in [5.41, 5.74) is 0. The van der Waals surface area contributed by atoms with Gasteiger partial charge >= 0.3 is 0 Å². The van der Waals surface area contributed by atoms with E-state index in [1.165, 1.54) is 0 Å². The molecular weight excluding hydrogens is 338 g/mol. The lowest BCUT2D eigenvalue weighted by molar-refractivity contribution is 0.221. The van der Waals surface area contributed by atoms with Crippen LogP contribution in [0.15, 0.2) is 21.1 Å². The maximum absolute atomic E-state index is 5.89. The molecule has 3 nitrogen and oxygen atoms in total. The molecule has 1 aromatic carbocycles. The molecule has 1 N–H and O–H groups in total. The second kappa shape index (κ2) is 5.38. The Morgan fingerprint density at radius 2 is 1.94 bits per heavy atom. The van der Waals surface area contributed by atoms with Crippen LogP contribution in [0.5, 0.6) is 11.5 Å². The van der Waals surface area contributed by atoms with E-state index < -0.39 is 0 Å². The molecular formula is C11H13Br2NO2. The first kappa shape index (κ1) is 12.2. The van der Waals surface area contributed by atoms with Crippen molar-refractivity contribution in [1.29, 1.82) is 0 Å². The predicted molar refractivity (Wildman–Crippen MR) is 70.3 cm³/mol. The SMILES string of the molecule is COc1cc(Br)c(O[C@@H]2CCNC2)cc1Br. The Bertz CT molecular complexity index is 378. The van der Waals surface area contributed by atoms with E-state index in [2.05, 4.69) is 37.2 Å². The normalized spacial score (nSPS) is 19.8. The van der Waals surface area contributed by atoms with Gasteiger partial charge in [-0.15, -0.1) is 0 Å². The molecule has 1 atom stereocenters. The van der Waals surface area contributed by atoms with Gasteiger partial charge in [0, 0.05) is 6.54 Å². The number of hydrogen-bond donors (Lipinski definition) is 1. The van der Waals surface area contributed by atoms with Crippen molar-refractivity contribution in [3.63, 3.8) is 0 Å². The largest absolute Gasteiger partial charge is 0.496 e. The third-order valence-corrected chi connectivity index (χ3v) is 3.75. The molecule has 0 saturated carbocycles. The zero-order valence-corrected chi connectivity index (χ0v) is 12.1. The van der Waals surface area contributed by atoms with Gasteiger partial charge in [0.05, 0.1) is 16.1 Å². The fourth-order valence-corrected chi connectivity index (χ4v) is 2.57. The zero-order valence-electron chi connectivity index (χ0n) is 8.93. The highest BCUT2D eigenvalue weighted by Gasteiger charge is 2.18. The number of halogens is 2. The van der Waals surface area contributed by atoms with E-state index in [4.69, 9.17) is 9.47 Å². The van der Waals surface area contributed by atoms with E-state index in [-0.39, 0.29) is 6.10 Å². The fourth-order valence-electron chi connectivity index (χ4n) is 1.67. The Labute approximate surface area is 112 Å². The van der Waals surface area contributed by atoms with Gasteiger partial charge in [-0.3, -0.25) is 0 Å². The van der Waals surface area contributed by atoms with Gasteiger partial charge in [0.2, 0.25) is 0 Å². The summed E-state index contributed by atoms with van der Waals surface area (Å²) in [6, 6.07) is 3.84. The zero-order chi connectivity index (χ0) is 11.5. The number of ether oxygens (including phenoxy) is 2. The minimum Gasteiger partial charge on any atom is -0.496 e. The quantitative estimate of drug-likeness (QED) is 0.909. The van der Waals surface area contributed by atoms with E-state index in [0.29, 0.717) is 0 Å². The maximum Gasteiger partial charge on any atom is 0.135 e. The lowest BCUT2D eigenvalue weighted by Gasteiger charge is -2.15. The monoisotopic (exact) mass is 349 g/mol. The summed E-state index contributed by atoms with van der Waals surface area (Å²) in [5, 5.41) is 3.27. The van der Waals surface area contributed by atoms with Crippen LogP contribution in [0.1, 0.15) is 6.42 Å². The Balaban J connectivity index is 2.17. The molecule has 1 aliphatic heterocycles. The van der Waals surface area contributed by atoms with Crippen LogP contribution >= 0.6 is 31.9 Å². The fraction of sp³-hybridized carbons (Fsp3) is 0.455. The molecule has 0 radical (unpaired) electrons. The number of hydrogen-bond acceptors (Lipinski definition) is 3. The molecule has 0 aromatic heterocycles. The van der Waals surface area contributed by atoms with Crippen LogP contribution in [0.4, 0.5) is 0 Å². The summed E-state index contributed by atoms with van der Waals surface area (Å²) in [7, 11) is 1.65. The molecule has 16 heavy (non-hydrogen) atoms. The Morgan fingerprint density at radius 1 is 1.25 bits per heavy atom. The van der Waals surface area contributed by atoms with Gasteiger partial charge in [0.15, 0.2) is 0 Å². The van der Waals surface area contributed by atoms with E-state index in [1.807, 2.05) is 12.1 Å². The highest BCUT2D eigenvalue weighted by molar-refractivity contribution is 9.11. The van der Waals surface area contributed by atoms with Crippen molar-refractivity contribution in [1.82, 2.24) is 5.32 Å². The van der Waals surface area contributed by atoms with Crippen molar-refractivity contribution in [3.8, 4) is 11.5 Å². The molecule has 1 aromatic rings. The van der Waals surface area contributed by atoms with Gasteiger partial charge in [0.1, 0.15) is 17.6 Å². The third kappa shape index (κ3) is 2.70. The molecule has 0 unspecified atom stereocenters. The first-order valence-electron chi connectivity index (χ1n) is 5.11. The molecule has 0 spiro atoms. The van der Waals surface area contributed by atoms with E-state index in [9.17, 15) is 0 Å². The van der Waals surface area contributed by atoms with Crippen molar-refractivity contribution >= 4 is 31.9 Å². The van der Waals surface area contributed by atoms with Crippen LogP contribution in [0.2, 0.25) is 0 Å². The molecule has 0 aliphatic carbocycles. The van der Waals surface area contributed by atoms with E-state index in [1.54, 1.807) is 7.11 Å². The standard InChI is InChI=1S/C11H13Br2NO2/c1-15-10-4-9(13)11(5-8(10)12)16-7-2-3-14-6-7/h4-5,7,14H,2-3,6H2,1H3/t7-/m1/s1. The van der Waals surface area contributed by atoms with Crippen molar-refractivity contribution in [2.75, 3.05) is 20.2 Å². The van der Waals surface area contributed by atoms with Crippen LogP contribution in [0.25, 0.3) is 0 Å². The number of rotatable bonds is 3. The molecule has 1 heterocycles. The van der Waals surface area contributed by atoms with E-state index in [0.717, 1.165) is 40.0 Å². The topological polar surface area (TPSA) is 30.5 Å². The van der Waals surface area contributed by atoms with Gasteiger partial charge < -0.3 is 14.8 Å². The van der Waals surface area contributed by atoms with Gasteiger partial charge in [-0.25, -0.2) is 0 Å². The summed E-state index contributed by atoms with van der Waals surface area (Å²) in [6.07, 6.45) is 1.31. The average Bonchev–Trinajstić information content (AvgIpc) is 2.75. The Hall–Kier alpha value is -0.260. The van der Waals surface area contributed by atoms with Crippen molar-refractivity contribution < 1.29 is 9.47 Å². The van der Waals surface area contributed by atoms with Crippen molar-refractivity contribution in [3.05, 3.63) is 21.1 Å². The molecule has 1 fully saturated rings. The first-order chi connectivity index (χ1) is 7.70.